The fourth-order valence-electron chi connectivity index (χ4n) is 1.51. The first kappa shape index (κ1) is 15.9. The van der Waals surface area contributed by atoms with E-state index in [0.29, 0.717) is 17.9 Å². The zero-order valence-electron chi connectivity index (χ0n) is 11.1. The quantitative estimate of drug-likeness (QED) is 0.674. The molecule has 0 aromatic heterocycles. The standard InChI is InChI=1S/C14H21FO4/c1-2-3-6-18-9-13(17)10-19-14-5-4-12(15)7-11(14)8-16/h4-5,7,13,16-17H,2-3,6,8-10H2,1H3. The van der Waals surface area contributed by atoms with E-state index in [9.17, 15) is 9.50 Å². The number of rotatable bonds is 9. The molecule has 0 saturated heterocycles. The number of aliphatic hydroxyl groups excluding tert-OH is 2. The number of ether oxygens (including phenoxy) is 2. The smallest absolute Gasteiger partial charge is 0.125 e. The van der Waals surface area contributed by atoms with Crippen molar-refractivity contribution < 1.29 is 24.1 Å². The highest BCUT2D eigenvalue weighted by atomic mass is 19.1. The van der Waals surface area contributed by atoms with Gasteiger partial charge in [0.15, 0.2) is 0 Å². The average molecular weight is 272 g/mol. The van der Waals surface area contributed by atoms with Crippen LogP contribution in [0.2, 0.25) is 0 Å². The van der Waals surface area contributed by atoms with Crippen molar-refractivity contribution in [2.24, 2.45) is 0 Å². The highest BCUT2D eigenvalue weighted by molar-refractivity contribution is 5.33. The lowest BCUT2D eigenvalue weighted by Gasteiger charge is -2.14. The molecule has 5 heteroatoms. The van der Waals surface area contributed by atoms with E-state index in [1.54, 1.807) is 0 Å². The van der Waals surface area contributed by atoms with Gasteiger partial charge in [-0.15, -0.1) is 0 Å². The van der Waals surface area contributed by atoms with Crippen molar-refractivity contribution in [1.29, 1.82) is 0 Å². The molecule has 0 bridgehead atoms. The Morgan fingerprint density at radius 1 is 1.32 bits per heavy atom. The van der Waals surface area contributed by atoms with Crippen molar-refractivity contribution in [3.8, 4) is 5.75 Å². The molecule has 1 rings (SSSR count). The van der Waals surface area contributed by atoms with E-state index in [-0.39, 0.29) is 19.8 Å². The lowest BCUT2D eigenvalue weighted by Crippen LogP contribution is -2.24. The highest BCUT2D eigenvalue weighted by Gasteiger charge is 2.09. The van der Waals surface area contributed by atoms with Crippen molar-refractivity contribution in [1.82, 2.24) is 0 Å². The summed E-state index contributed by atoms with van der Waals surface area (Å²) in [7, 11) is 0. The van der Waals surface area contributed by atoms with Crippen LogP contribution in [0.15, 0.2) is 18.2 Å². The monoisotopic (exact) mass is 272 g/mol. The number of benzene rings is 1. The molecule has 4 nitrogen and oxygen atoms in total. The molecule has 0 amide bonds. The normalized spacial score (nSPS) is 12.4. The lowest BCUT2D eigenvalue weighted by atomic mass is 10.2. The van der Waals surface area contributed by atoms with Gasteiger partial charge in [-0.05, 0) is 24.6 Å². The van der Waals surface area contributed by atoms with Crippen molar-refractivity contribution in [2.45, 2.75) is 32.5 Å². The second-order valence-corrected chi connectivity index (χ2v) is 4.30. The zero-order valence-corrected chi connectivity index (χ0v) is 11.1. The molecular formula is C14H21FO4. The Labute approximate surface area is 112 Å². The van der Waals surface area contributed by atoms with Gasteiger partial charge < -0.3 is 19.7 Å². The summed E-state index contributed by atoms with van der Waals surface area (Å²) in [5.74, 6) is -0.0589. The van der Waals surface area contributed by atoms with E-state index in [2.05, 4.69) is 6.92 Å². The molecule has 1 aromatic carbocycles. The first-order valence-electron chi connectivity index (χ1n) is 6.45. The van der Waals surface area contributed by atoms with Crippen LogP contribution in [0.25, 0.3) is 0 Å². The molecule has 1 unspecified atom stereocenters. The molecule has 2 N–H and O–H groups in total. The van der Waals surface area contributed by atoms with E-state index < -0.39 is 11.9 Å². The maximum absolute atomic E-state index is 12.9. The van der Waals surface area contributed by atoms with Gasteiger partial charge in [0.05, 0.1) is 13.2 Å². The van der Waals surface area contributed by atoms with Crippen LogP contribution in [-0.4, -0.2) is 36.1 Å². The minimum atomic E-state index is -0.742. The largest absolute Gasteiger partial charge is 0.490 e. The van der Waals surface area contributed by atoms with E-state index in [1.807, 2.05) is 0 Å². The summed E-state index contributed by atoms with van der Waals surface area (Å²) in [6.07, 6.45) is 1.26. The Kier molecular flexibility index (Phi) is 7.40. The number of hydrogen-bond acceptors (Lipinski definition) is 4. The van der Waals surface area contributed by atoms with Crippen molar-refractivity contribution in [3.05, 3.63) is 29.6 Å². The van der Waals surface area contributed by atoms with Gasteiger partial charge in [-0.25, -0.2) is 4.39 Å². The van der Waals surface area contributed by atoms with E-state index in [0.717, 1.165) is 12.8 Å². The molecule has 0 aliphatic heterocycles. The summed E-state index contributed by atoms with van der Waals surface area (Å²) in [5, 5.41) is 18.7. The Hall–Kier alpha value is -1.17. The molecule has 0 aliphatic carbocycles. The number of halogens is 1. The maximum atomic E-state index is 12.9. The Balaban J connectivity index is 2.35. The second kappa shape index (κ2) is 8.85. The SMILES string of the molecule is CCCCOCC(O)COc1ccc(F)cc1CO. The van der Waals surface area contributed by atoms with Gasteiger partial charge in [0, 0.05) is 12.2 Å². The van der Waals surface area contributed by atoms with Gasteiger partial charge >= 0.3 is 0 Å². The number of aliphatic hydroxyl groups is 2. The van der Waals surface area contributed by atoms with Gasteiger partial charge in [-0.3, -0.25) is 0 Å². The summed E-state index contributed by atoms with van der Waals surface area (Å²) < 4.78 is 23.5. The molecule has 0 heterocycles. The predicted molar refractivity (Wildman–Crippen MR) is 69.6 cm³/mol. The molecule has 0 saturated carbocycles. The first-order valence-corrected chi connectivity index (χ1v) is 6.45. The first-order chi connectivity index (χ1) is 9.17. The highest BCUT2D eigenvalue weighted by Crippen LogP contribution is 2.19. The van der Waals surface area contributed by atoms with Crippen LogP contribution in [0.1, 0.15) is 25.3 Å². The van der Waals surface area contributed by atoms with Crippen molar-refractivity contribution in [3.63, 3.8) is 0 Å². The molecule has 108 valence electrons. The van der Waals surface area contributed by atoms with Crippen LogP contribution >= 0.6 is 0 Å². The molecule has 0 aliphatic rings. The summed E-state index contributed by atoms with van der Waals surface area (Å²) >= 11 is 0. The summed E-state index contributed by atoms with van der Waals surface area (Å²) in [5.41, 5.74) is 0.360. The Morgan fingerprint density at radius 3 is 2.79 bits per heavy atom. The van der Waals surface area contributed by atoms with Gasteiger partial charge in [-0.2, -0.15) is 0 Å². The van der Waals surface area contributed by atoms with Gasteiger partial charge in [0.1, 0.15) is 24.3 Å². The van der Waals surface area contributed by atoms with E-state index in [1.165, 1.54) is 18.2 Å². The molecule has 0 spiro atoms. The fourth-order valence-corrected chi connectivity index (χ4v) is 1.51. The van der Waals surface area contributed by atoms with Crippen LogP contribution in [-0.2, 0) is 11.3 Å². The van der Waals surface area contributed by atoms with Crippen LogP contribution in [0, 0.1) is 5.82 Å². The minimum absolute atomic E-state index is 0.0464. The molecular weight excluding hydrogens is 251 g/mol. The second-order valence-electron chi connectivity index (χ2n) is 4.30. The van der Waals surface area contributed by atoms with Gasteiger partial charge in [0.2, 0.25) is 0 Å². The lowest BCUT2D eigenvalue weighted by molar-refractivity contribution is 0.0109. The number of unbranched alkanes of at least 4 members (excludes halogenated alkanes) is 1. The summed E-state index contributed by atoms with van der Waals surface area (Å²) in [6.45, 7) is 2.62. The third-order valence-corrected chi connectivity index (χ3v) is 2.58. The van der Waals surface area contributed by atoms with E-state index in [4.69, 9.17) is 14.6 Å². The minimum Gasteiger partial charge on any atom is -0.490 e. The molecule has 0 fully saturated rings. The van der Waals surface area contributed by atoms with E-state index >= 15 is 0 Å². The zero-order chi connectivity index (χ0) is 14.1. The molecule has 1 aromatic rings. The average Bonchev–Trinajstić information content (AvgIpc) is 2.42. The fraction of sp³-hybridized carbons (Fsp3) is 0.571. The van der Waals surface area contributed by atoms with Gasteiger partial charge in [0.25, 0.3) is 0 Å². The molecule has 1 atom stereocenters. The Morgan fingerprint density at radius 2 is 2.11 bits per heavy atom. The van der Waals surface area contributed by atoms with Crippen LogP contribution < -0.4 is 4.74 Å². The molecule has 19 heavy (non-hydrogen) atoms. The predicted octanol–water partition coefficient (Wildman–Crippen LogP) is 1.87. The third kappa shape index (κ3) is 6.00. The van der Waals surface area contributed by atoms with Crippen molar-refractivity contribution >= 4 is 0 Å². The van der Waals surface area contributed by atoms with Crippen LogP contribution in [0.5, 0.6) is 5.75 Å². The van der Waals surface area contributed by atoms with Crippen LogP contribution in [0.4, 0.5) is 4.39 Å². The topological polar surface area (TPSA) is 58.9 Å². The molecule has 0 radical (unpaired) electrons. The summed E-state index contributed by atoms with van der Waals surface area (Å²) in [4.78, 5) is 0. The van der Waals surface area contributed by atoms with Crippen LogP contribution in [0.3, 0.4) is 0 Å². The van der Waals surface area contributed by atoms with Crippen molar-refractivity contribution in [2.75, 3.05) is 19.8 Å². The number of hydrogen-bond donors (Lipinski definition) is 2. The summed E-state index contributed by atoms with van der Waals surface area (Å²) in [6, 6.07) is 3.89. The third-order valence-electron chi connectivity index (χ3n) is 2.58. The maximum Gasteiger partial charge on any atom is 0.125 e. The Bertz CT molecular complexity index is 370. The van der Waals surface area contributed by atoms with Gasteiger partial charge in [-0.1, -0.05) is 13.3 Å².